The number of hydrogen-bond donors (Lipinski definition) is 5. The minimum atomic E-state index is -1.25. The van der Waals surface area contributed by atoms with Crippen LogP contribution in [-0.2, 0) is 30.3 Å². The monoisotopic (exact) mass is 602 g/mol. The fraction of sp³-hybridized carbons (Fsp3) is 0.516. The van der Waals surface area contributed by atoms with E-state index < -0.39 is 53.5 Å². The molecule has 0 aliphatic heterocycles. The highest BCUT2D eigenvalue weighted by Gasteiger charge is 2.29. The van der Waals surface area contributed by atoms with Crippen molar-refractivity contribution in [3.63, 3.8) is 0 Å². The van der Waals surface area contributed by atoms with E-state index in [4.69, 9.17) is 9.47 Å². The SMILES string of the molecule is C=CCOc1ccc(C[C@H](NC(C)=O)C(=O)N[C@@H](CCCC(C)NC(=O)OC(C)(C)C)C(=O)N[C@@H](CC=C)C(=O)O)cc1. The smallest absolute Gasteiger partial charge is 0.407 e. The molecule has 1 aromatic carbocycles. The molecule has 0 heterocycles. The highest BCUT2D eigenvalue weighted by atomic mass is 16.6. The molecule has 0 bridgehead atoms. The standard InChI is InChI=1S/C31H46N4O8/c1-8-11-25(29(39)40)35-27(37)24(13-10-12-20(3)32-30(41)43-31(5,6)7)34-28(38)26(33-21(4)36)19-22-14-16-23(17-15-22)42-18-9-2/h8-9,14-17,20,24-26H,1-2,10-13,18-19H2,3-7H3,(H,32,41)(H,33,36)(H,34,38)(H,35,37)(H,39,40)/t20?,24-,25-,26-/m0/s1. The lowest BCUT2D eigenvalue weighted by Gasteiger charge is -2.25. The molecule has 1 aromatic rings. The lowest BCUT2D eigenvalue weighted by molar-refractivity contribution is -0.142. The largest absolute Gasteiger partial charge is 0.490 e. The molecule has 4 atom stereocenters. The van der Waals surface area contributed by atoms with Gasteiger partial charge in [-0.25, -0.2) is 9.59 Å². The second-order valence-electron chi connectivity index (χ2n) is 11.2. The van der Waals surface area contributed by atoms with Crippen LogP contribution in [0.2, 0.25) is 0 Å². The number of benzene rings is 1. The van der Waals surface area contributed by atoms with Crippen molar-refractivity contribution in [2.24, 2.45) is 0 Å². The Kier molecular flexibility index (Phi) is 15.6. The summed E-state index contributed by atoms with van der Waals surface area (Å²) in [5.74, 6) is -2.38. The van der Waals surface area contributed by atoms with E-state index in [-0.39, 0.29) is 25.3 Å². The number of nitrogens with one attached hydrogen (secondary N) is 4. The van der Waals surface area contributed by atoms with E-state index in [0.717, 1.165) is 5.56 Å². The molecule has 12 heteroatoms. The Morgan fingerprint density at radius 1 is 0.884 bits per heavy atom. The van der Waals surface area contributed by atoms with Crippen molar-refractivity contribution in [1.29, 1.82) is 0 Å². The Labute approximate surface area is 253 Å². The maximum Gasteiger partial charge on any atom is 0.407 e. The van der Waals surface area contributed by atoms with Gasteiger partial charge in [-0.1, -0.05) is 30.9 Å². The molecule has 1 unspecified atom stereocenters. The van der Waals surface area contributed by atoms with Gasteiger partial charge in [0.2, 0.25) is 17.7 Å². The van der Waals surface area contributed by atoms with Crippen molar-refractivity contribution in [2.75, 3.05) is 6.61 Å². The van der Waals surface area contributed by atoms with Crippen LogP contribution in [0.15, 0.2) is 49.6 Å². The summed E-state index contributed by atoms with van der Waals surface area (Å²) in [7, 11) is 0. The molecule has 0 saturated carbocycles. The quantitative estimate of drug-likeness (QED) is 0.160. The summed E-state index contributed by atoms with van der Waals surface area (Å²) in [6, 6.07) is 3.33. The minimum Gasteiger partial charge on any atom is -0.490 e. The van der Waals surface area contributed by atoms with E-state index in [1.54, 1.807) is 58.0 Å². The van der Waals surface area contributed by atoms with E-state index in [0.29, 0.717) is 25.2 Å². The van der Waals surface area contributed by atoms with Crippen molar-refractivity contribution >= 4 is 29.8 Å². The van der Waals surface area contributed by atoms with Crippen LogP contribution in [0.1, 0.15) is 65.9 Å². The summed E-state index contributed by atoms with van der Waals surface area (Å²) in [6.07, 6.45) is 3.51. The molecule has 0 fully saturated rings. The Morgan fingerprint density at radius 2 is 1.49 bits per heavy atom. The van der Waals surface area contributed by atoms with Gasteiger partial charge >= 0.3 is 12.1 Å². The van der Waals surface area contributed by atoms with Gasteiger partial charge in [0, 0.05) is 19.4 Å². The number of carboxylic acid groups (broad SMARTS) is 1. The highest BCUT2D eigenvalue weighted by Crippen LogP contribution is 2.15. The van der Waals surface area contributed by atoms with Crippen LogP contribution in [0.3, 0.4) is 0 Å². The summed E-state index contributed by atoms with van der Waals surface area (Å²) in [6.45, 7) is 15.8. The summed E-state index contributed by atoms with van der Waals surface area (Å²) >= 11 is 0. The minimum absolute atomic E-state index is 0.0143. The zero-order valence-electron chi connectivity index (χ0n) is 25.7. The number of hydrogen-bond acceptors (Lipinski definition) is 7. The number of amides is 4. The third kappa shape index (κ3) is 15.5. The fourth-order valence-electron chi connectivity index (χ4n) is 3.98. The molecule has 12 nitrogen and oxygen atoms in total. The Morgan fingerprint density at radius 3 is 2.02 bits per heavy atom. The van der Waals surface area contributed by atoms with Gasteiger partial charge in [0.1, 0.15) is 36.1 Å². The molecule has 5 N–H and O–H groups in total. The molecule has 4 amide bonds. The summed E-state index contributed by atoms with van der Waals surface area (Å²) < 4.78 is 10.7. The first-order valence-corrected chi connectivity index (χ1v) is 14.2. The van der Waals surface area contributed by atoms with Crippen LogP contribution in [0.5, 0.6) is 5.75 Å². The average Bonchev–Trinajstić information content (AvgIpc) is 2.89. The van der Waals surface area contributed by atoms with E-state index in [1.807, 2.05) is 0 Å². The van der Waals surface area contributed by atoms with Crippen molar-refractivity contribution in [3.8, 4) is 5.75 Å². The molecular formula is C31H46N4O8. The van der Waals surface area contributed by atoms with Gasteiger partial charge in [-0.15, -0.1) is 6.58 Å². The molecule has 238 valence electrons. The van der Waals surface area contributed by atoms with Crippen LogP contribution in [-0.4, -0.2) is 71.3 Å². The molecular weight excluding hydrogens is 556 g/mol. The Bertz CT molecular complexity index is 1110. The van der Waals surface area contributed by atoms with Crippen molar-refractivity contribution < 1.29 is 38.6 Å². The molecule has 43 heavy (non-hydrogen) atoms. The fourth-order valence-corrected chi connectivity index (χ4v) is 3.98. The van der Waals surface area contributed by atoms with Crippen LogP contribution in [0.25, 0.3) is 0 Å². The second kappa shape index (κ2) is 18.2. The van der Waals surface area contributed by atoms with E-state index >= 15 is 0 Å². The number of carboxylic acids is 1. The van der Waals surface area contributed by atoms with E-state index in [9.17, 15) is 29.1 Å². The van der Waals surface area contributed by atoms with Crippen molar-refractivity contribution in [3.05, 3.63) is 55.1 Å². The molecule has 0 radical (unpaired) electrons. The van der Waals surface area contributed by atoms with E-state index in [2.05, 4.69) is 34.4 Å². The third-order valence-electron chi connectivity index (χ3n) is 5.97. The summed E-state index contributed by atoms with van der Waals surface area (Å²) in [4.78, 5) is 62.2. The predicted molar refractivity (Wildman–Crippen MR) is 162 cm³/mol. The average molecular weight is 603 g/mol. The summed E-state index contributed by atoms with van der Waals surface area (Å²) in [5, 5.41) is 20.0. The number of rotatable bonds is 18. The van der Waals surface area contributed by atoms with Gasteiger partial charge in [0.25, 0.3) is 0 Å². The van der Waals surface area contributed by atoms with Crippen molar-refractivity contribution in [1.82, 2.24) is 21.3 Å². The highest BCUT2D eigenvalue weighted by molar-refractivity contribution is 5.93. The normalized spacial score (nSPS) is 13.7. The number of aliphatic carboxylic acids is 1. The maximum absolute atomic E-state index is 13.4. The van der Waals surface area contributed by atoms with Crippen molar-refractivity contribution in [2.45, 2.75) is 96.5 Å². The molecule has 1 rings (SSSR count). The topological polar surface area (TPSA) is 172 Å². The molecule has 0 saturated heterocycles. The lowest BCUT2D eigenvalue weighted by Crippen LogP contribution is -2.56. The van der Waals surface area contributed by atoms with Gasteiger partial charge in [-0.2, -0.15) is 0 Å². The zero-order chi connectivity index (χ0) is 32.6. The molecule has 0 spiro atoms. The van der Waals surface area contributed by atoms with Crippen LogP contribution in [0.4, 0.5) is 4.79 Å². The number of ether oxygens (including phenoxy) is 2. The first-order chi connectivity index (χ1) is 20.1. The predicted octanol–water partition coefficient (Wildman–Crippen LogP) is 3.01. The zero-order valence-corrected chi connectivity index (χ0v) is 25.7. The van der Waals surface area contributed by atoms with Crippen LogP contribution in [0, 0.1) is 0 Å². The van der Waals surface area contributed by atoms with Gasteiger partial charge < -0.3 is 35.8 Å². The van der Waals surface area contributed by atoms with Gasteiger partial charge in [0.05, 0.1) is 0 Å². The Hall–Kier alpha value is -4.35. The third-order valence-corrected chi connectivity index (χ3v) is 5.97. The molecule has 0 aromatic heterocycles. The first kappa shape index (κ1) is 36.7. The van der Waals surface area contributed by atoms with Crippen LogP contribution >= 0.6 is 0 Å². The first-order valence-electron chi connectivity index (χ1n) is 14.2. The maximum atomic E-state index is 13.4. The van der Waals surface area contributed by atoms with Gasteiger partial charge in [0.15, 0.2) is 0 Å². The number of carbonyl (C=O) groups is 5. The molecule has 0 aliphatic rings. The number of carbonyl (C=O) groups excluding carboxylic acids is 4. The summed E-state index contributed by atoms with van der Waals surface area (Å²) in [5.41, 5.74) is 0.0784. The molecule has 0 aliphatic carbocycles. The Balaban J connectivity index is 3.04. The van der Waals surface area contributed by atoms with E-state index in [1.165, 1.54) is 13.0 Å². The number of alkyl carbamates (subject to hydrolysis) is 1. The van der Waals surface area contributed by atoms with Gasteiger partial charge in [-0.05, 0) is 71.1 Å². The second-order valence-corrected chi connectivity index (χ2v) is 11.2. The van der Waals surface area contributed by atoms with Gasteiger partial charge in [-0.3, -0.25) is 14.4 Å². The van der Waals surface area contributed by atoms with Crippen LogP contribution < -0.4 is 26.0 Å². The lowest BCUT2D eigenvalue weighted by atomic mass is 10.0.